The molecule has 11 heavy (non-hydrogen) atoms. The molecule has 3 rings (SSSR count). The minimum atomic E-state index is 0.314. The van der Waals surface area contributed by atoms with Gasteiger partial charge in [0.05, 0.1) is 11.7 Å². The molecule has 0 amide bonds. The molecule has 0 spiro atoms. The Kier molecular flexibility index (Phi) is 0.820. The van der Waals surface area contributed by atoms with E-state index >= 15 is 0 Å². The van der Waals surface area contributed by atoms with Crippen molar-refractivity contribution in [1.82, 2.24) is 0 Å². The van der Waals surface area contributed by atoms with Gasteiger partial charge in [0.1, 0.15) is 0 Å². The zero-order valence-corrected chi connectivity index (χ0v) is 7.55. The molecule has 3 fully saturated rings. The maximum absolute atomic E-state index is 5.66. The summed E-state index contributed by atoms with van der Waals surface area (Å²) in [6.07, 6.45) is 3.30. The van der Waals surface area contributed by atoms with Crippen molar-refractivity contribution in [3.8, 4) is 0 Å². The normalized spacial score (nSPS) is 63.0. The Labute approximate surface area is 68.1 Å². The van der Waals surface area contributed by atoms with Crippen molar-refractivity contribution in [3.05, 3.63) is 0 Å². The molecule has 2 aliphatic carbocycles. The van der Waals surface area contributed by atoms with E-state index in [0.29, 0.717) is 17.1 Å². The van der Waals surface area contributed by atoms with E-state index in [1.54, 1.807) is 0 Å². The van der Waals surface area contributed by atoms with E-state index in [1.165, 1.54) is 12.8 Å². The third-order valence-electron chi connectivity index (χ3n) is 4.42. The fraction of sp³-hybridized carbons (Fsp3) is 1.00. The lowest BCUT2D eigenvalue weighted by molar-refractivity contribution is 0.282. The summed E-state index contributed by atoms with van der Waals surface area (Å²) in [5, 5.41) is 0. The maximum atomic E-state index is 5.66. The van der Waals surface area contributed by atoms with E-state index in [2.05, 4.69) is 20.8 Å². The van der Waals surface area contributed by atoms with Gasteiger partial charge in [-0.15, -0.1) is 0 Å². The van der Waals surface area contributed by atoms with Gasteiger partial charge in [-0.25, -0.2) is 0 Å². The zero-order chi connectivity index (χ0) is 7.85. The molecule has 3 aliphatic rings. The molecule has 0 N–H and O–H groups in total. The third kappa shape index (κ3) is 0.618. The summed E-state index contributed by atoms with van der Waals surface area (Å²) >= 11 is 0. The number of epoxide rings is 1. The number of fused-ring (bicyclic) bond motifs is 2. The van der Waals surface area contributed by atoms with Crippen molar-refractivity contribution in [2.45, 2.75) is 45.3 Å². The van der Waals surface area contributed by atoms with Gasteiger partial charge in [0, 0.05) is 0 Å². The number of hydrogen-bond acceptors (Lipinski definition) is 1. The van der Waals surface area contributed by atoms with Crippen LogP contribution in [0, 0.1) is 17.3 Å². The largest absolute Gasteiger partial charge is 0.366 e. The summed E-state index contributed by atoms with van der Waals surface area (Å²) in [5.41, 5.74) is 0.967. The molecule has 0 bridgehead atoms. The fourth-order valence-corrected chi connectivity index (χ4v) is 3.17. The first-order chi connectivity index (χ1) is 5.04. The van der Waals surface area contributed by atoms with Crippen molar-refractivity contribution in [3.63, 3.8) is 0 Å². The Morgan fingerprint density at radius 3 is 2.55 bits per heavy atom. The van der Waals surface area contributed by atoms with E-state index in [0.717, 1.165) is 11.8 Å². The summed E-state index contributed by atoms with van der Waals surface area (Å²) in [5.74, 6) is 1.97. The van der Waals surface area contributed by atoms with Crippen LogP contribution in [-0.2, 0) is 4.74 Å². The number of rotatable bonds is 0. The van der Waals surface area contributed by atoms with Crippen LogP contribution < -0.4 is 0 Å². The second kappa shape index (κ2) is 1.39. The monoisotopic (exact) mass is 152 g/mol. The zero-order valence-electron chi connectivity index (χ0n) is 7.55. The predicted octanol–water partition coefficient (Wildman–Crippen LogP) is 2.21. The van der Waals surface area contributed by atoms with Gasteiger partial charge in [-0.05, 0) is 37.0 Å². The molecule has 0 aromatic rings. The summed E-state index contributed by atoms with van der Waals surface area (Å²) in [6.45, 7) is 7.11. The van der Waals surface area contributed by atoms with Gasteiger partial charge in [-0.3, -0.25) is 0 Å². The van der Waals surface area contributed by atoms with Crippen LogP contribution >= 0.6 is 0 Å². The van der Waals surface area contributed by atoms with E-state index in [4.69, 9.17) is 4.74 Å². The topological polar surface area (TPSA) is 12.5 Å². The second-order valence-electron chi connectivity index (χ2n) is 5.39. The first-order valence-electron chi connectivity index (χ1n) is 4.72. The van der Waals surface area contributed by atoms with Gasteiger partial charge >= 0.3 is 0 Å². The average Bonchev–Trinajstić information content (AvgIpc) is 2.68. The molecule has 1 saturated heterocycles. The minimum absolute atomic E-state index is 0.314. The minimum Gasteiger partial charge on any atom is -0.366 e. The summed E-state index contributed by atoms with van der Waals surface area (Å²) in [4.78, 5) is 0. The van der Waals surface area contributed by atoms with Crippen LogP contribution in [0.3, 0.4) is 0 Å². The first kappa shape index (κ1) is 6.47. The molecule has 4 atom stereocenters. The lowest BCUT2D eigenvalue weighted by Crippen LogP contribution is -2.16. The summed E-state index contributed by atoms with van der Waals surface area (Å²) < 4.78 is 5.66. The predicted molar refractivity (Wildman–Crippen MR) is 43.3 cm³/mol. The highest BCUT2D eigenvalue weighted by Gasteiger charge is 2.70. The SMILES string of the molecule is CC1(C)[C@@H]2C[C@@]3(C)O[C@H]3C[C@@H]21. The smallest absolute Gasteiger partial charge is 0.0923 e. The molecule has 1 nitrogen and oxygen atoms in total. The van der Waals surface area contributed by atoms with Crippen LogP contribution in [-0.4, -0.2) is 11.7 Å². The Balaban J connectivity index is 1.85. The van der Waals surface area contributed by atoms with Gasteiger partial charge in [0.2, 0.25) is 0 Å². The van der Waals surface area contributed by atoms with Crippen LogP contribution in [0.5, 0.6) is 0 Å². The average molecular weight is 152 g/mol. The van der Waals surface area contributed by atoms with Gasteiger partial charge < -0.3 is 4.74 Å². The summed E-state index contributed by atoms with van der Waals surface area (Å²) in [6, 6.07) is 0. The Bertz CT molecular complexity index is 221. The lowest BCUT2D eigenvalue weighted by Gasteiger charge is -2.09. The molecule has 0 aromatic carbocycles. The van der Waals surface area contributed by atoms with Crippen LogP contribution in [0.4, 0.5) is 0 Å². The van der Waals surface area contributed by atoms with Crippen molar-refractivity contribution >= 4 is 0 Å². The molecule has 0 radical (unpaired) electrons. The van der Waals surface area contributed by atoms with E-state index in [-0.39, 0.29) is 0 Å². The third-order valence-corrected chi connectivity index (χ3v) is 4.42. The quantitative estimate of drug-likeness (QED) is 0.485. The van der Waals surface area contributed by atoms with Crippen LogP contribution in [0.15, 0.2) is 0 Å². The van der Waals surface area contributed by atoms with Gasteiger partial charge in [-0.1, -0.05) is 13.8 Å². The molecule has 1 heterocycles. The van der Waals surface area contributed by atoms with Gasteiger partial charge in [0.25, 0.3) is 0 Å². The standard InChI is InChI=1S/C10H16O/c1-9(2)6-4-8-10(3,11-8)5-7(6)9/h6-8H,4-5H2,1-3H3/t6-,7+,8-,10+/m0/s1. The molecule has 0 aromatic heterocycles. The highest BCUT2D eigenvalue weighted by Crippen LogP contribution is 2.70. The van der Waals surface area contributed by atoms with Gasteiger partial charge in [-0.2, -0.15) is 0 Å². The van der Waals surface area contributed by atoms with Crippen LogP contribution in [0.25, 0.3) is 0 Å². The molecular weight excluding hydrogens is 136 g/mol. The highest BCUT2D eigenvalue weighted by atomic mass is 16.6. The van der Waals surface area contributed by atoms with E-state index in [1.807, 2.05) is 0 Å². The van der Waals surface area contributed by atoms with Crippen LogP contribution in [0.1, 0.15) is 33.6 Å². The first-order valence-corrected chi connectivity index (χ1v) is 4.72. The molecule has 2 saturated carbocycles. The molecule has 1 heteroatoms. The van der Waals surface area contributed by atoms with Crippen molar-refractivity contribution in [1.29, 1.82) is 0 Å². The van der Waals surface area contributed by atoms with Gasteiger partial charge in [0.15, 0.2) is 0 Å². The Morgan fingerprint density at radius 2 is 1.91 bits per heavy atom. The maximum Gasteiger partial charge on any atom is 0.0923 e. The lowest BCUT2D eigenvalue weighted by atomic mass is 9.91. The number of ether oxygens (including phenoxy) is 1. The van der Waals surface area contributed by atoms with E-state index in [9.17, 15) is 0 Å². The van der Waals surface area contributed by atoms with Crippen molar-refractivity contribution in [2.24, 2.45) is 17.3 Å². The Morgan fingerprint density at radius 1 is 1.18 bits per heavy atom. The Hall–Kier alpha value is -0.0400. The summed E-state index contributed by atoms with van der Waals surface area (Å²) in [7, 11) is 0. The molecule has 1 aliphatic heterocycles. The highest BCUT2D eigenvalue weighted by molar-refractivity contribution is 5.18. The fourth-order valence-electron chi connectivity index (χ4n) is 3.17. The molecular formula is C10H16O. The molecule has 62 valence electrons. The van der Waals surface area contributed by atoms with Crippen molar-refractivity contribution in [2.75, 3.05) is 0 Å². The second-order valence-corrected chi connectivity index (χ2v) is 5.39. The van der Waals surface area contributed by atoms with E-state index < -0.39 is 0 Å². The van der Waals surface area contributed by atoms with Crippen molar-refractivity contribution < 1.29 is 4.74 Å². The number of hydrogen-bond donors (Lipinski definition) is 0. The molecule has 0 unspecified atom stereocenters. The van der Waals surface area contributed by atoms with Crippen LogP contribution in [0.2, 0.25) is 0 Å².